The first kappa shape index (κ1) is 20.7. The second-order valence-corrected chi connectivity index (χ2v) is 9.04. The van der Waals surface area contributed by atoms with E-state index in [-0.39, 0.29) is 6.03 Å². The Bertz CT molecular complexity index is 945. The van der Waals surface area contributed by atoms with Crippen LogP contribution in [0.5, 0.6) is 0 Å². The molecule has 0 aromatic heterocycles. The summed E-state index contributed by atoms with van der Waals surface area (Å²) in [7, 11) is 0. The highest BCUT2D eigenvalue weighted by atomic mass is 32.2. The molecule has 2 aromatic rings. The van der Waals surface area contributed by atoms with Crippen molar-refractivity contribution in [1.29, 1.82) is 0 Å². The standard InChI is InChI=1S/C24H28N4OS/c1-3-30-22-21(20-11-9-18(2)10-12-20)26-24(27-22)13-15-28(16-14-24)23(29)25-17-19-7-5-4-6-8-19/h4-12H,3,13-17H2,1-2H3,(H,25,29). The van der Waals surface area contributed by atoms with E-state index in [4.69, 9.17) is 9.98 Å². The van der Waals surface area contributed by atoms with Crippen LogP contribution in [0.25, 0.3) is 0 Å². The molecule has 0 atom stereocenters. The van der Waals surface area contributed by atoms with Gasteiger partial charge in [-0.2, -0.15) is 0 Å². The van der Waals surface area contributed by atoms with E-state index in [1.165, 1.54) is 5.56 Å². The third-order valence-corrected chi connectivity index (χ3v) is 6.42. The van der Waals surface area contributed by atoms with Crippen molar-refractivity contribution in [2.24, 2.45) is 9.98 Å². The highest BCUT2D eigenvalue weighted by molar-refractivity contribution is 8.15. The predicted molar refractivity (Wildman–Crippen MR) is 125 cm³/mol. The van der Waals surface area contributed by atoms with Gasteiger partial charge in [0.1, 0.15) is 5.04 Å². The molecule has 0 aliphatic carbocycles. The van der Waals surface area contributed by atoms with Gasteiger partial charge in [0.2, 0.25) is 0 Å². The summed E-state index contributed by atoms with van der Waals surface area (Å²) in [6.45, 7) is 6.12. The molecule has 2 amide bonds. The number of hydrogen-bond acceptors (Lipinski definition) is 4. The number of urea groups is 1. The van der Waals surface area contributed by atoms with Gasteiger partial charge in [-0.05, 0) is 18.2 Å². The number of carbonyl (C=O) groups excluding carboxylic acids is 1. The number of nitrogens with one attached hydrogen (secondary N) is 1. The maximum Gasteiger partial charge on any atom is 0.317 e. The second kappa shape index (κ2) is 9.04. The van der Waals surface area contributed by atoms with Crippen LogP contribution < -0.4 is 5.32 Å². The van der Waals surface area contributed by atoms with Crippen LogP contribution in [0.4, 0.5) is 4.79 Å². The minimum absolute atomic E-state index is 0.0124. The zero-order valence-electron chi connectivity index (χ0n) is 17.6. The van der Waals surface area contributed by atoms with Crippen LogP contribution in [0, 0.1) is 6.92 Å². The molecule has 1 N–H and O–H groups in total. The minimum atomic E-state index is -0.423. The lowest BCUT2D eigenvalue weighted by atomic mass is 9.98. The summed E-state index contributed by atoms with van der Waals surface area (Å²) >= 11 is 1.75. The summed E-state index contributed by atoms with van der Waals surface area (Å²) in [6.07, 6.45) is 1.52. The number of aliphatic imine (C=N–C) groups is 2. The van der Waals surface area contributed by atoms with E-state index in [1.807, 2.05) is 35.2 Å². The van der Waals surface area contributed by atoms with Crippen molar-refractivity contribution in [2.45, 2.75) is 38.9 Å². The molecular formula is C24H28N4OS. The maximum absolute atomic E-state index is 12.6. The first-order valence-corrected chi connectivity index (χ1v) is 11.5. The average molecular weight is 421 g/mol. The van der Waals surface area contributed by atoms with Crippen LogP contribution in [0.2, 0.25) is 0 Å². The fourth-order valence-electron chi connectivity index (χ4n) is 3.84. The van der Waals surface area contributed by atoms with Crippen LogP contribution in [0.1, 0.15) is 36.5 Å². The number of amides is 2. The molecule has 1 spiro atoms. The number of piperidine rings is 1. The molecule has 2 aliphatic rings. The van der Waals surface area contributed by atoms with Gasteiger partial charge >= 0.3 is 6.03 Å². The van der Waals surface area contributed by atoms with Crippen molar-refractivity contribution in [2.75, 3.05) is 18.8 Å². The molecule has 2 heterocycles. The van der Waals surface area contributed by atoms with Gasteiger partial charge in [-0.3, -0.25) is 4.99 Å². The molecule has 2 aromatic carbocycles. The minimum Gasteiger partial charge on any atom is -0.334 e. The Hall–Kier alpha value is -2.60. The molecule has 4 rings (SSSR count). The van der Waals surface area contributed by atoms with Gasteiger partial charge in [0.25, 0.3) is 0 Å². The van der Waals surface area contributed by atoms with Gasteiger partial charge in [0.15, 0.2) is 5.66 Å². The summed E-state index contributed by atoms with van der Waals surface area (Å²) in [5.74, 6) is 0.966. The summed E-state index contributed by atoms with van der Waals surface area (Å²) in [5.41, 5.74) is 4.05. The molecule has 1 fully saturated rings. The van der Waals surface area contributed by atoms with E-state index >= 15 is 0 Å². The Labute approximate surface area is 182 Å². The number of likely N-dealkylation sites (tertiary alicyclic amines) is 1. The van der Waals surface area contributed by atoms with E-state index in [1.54, 1.807) is 11.8 Å². The lowest BCUT2D eigenvalue weighted by molar-refractivity contribution is 0.163. The largest absolute Gasteiger partial charge is 0.334 e. The number of nitrogens with zero attached hydrogens (tertiary/aromatic N) is 3. The highest BCUT2D eigenvalue weighted by Crippen LogP contribution is 2.35. The maximum atomic E-state index is 12.6. The van der Waals surface area contributed by atoms with Crippen LogP contribution >= 0.6 is 11.8 Å². The van der Waals surface area contributed by atoms with Gasteiger partial charge in [-0.1, -0.05) is 67.1 Å². The fourth-order valence-corrected chi connectivity index (χ4v) is 4.64. The molecule has 0 saturated carbocycles. The summed E-state index contributed by atoms with van der Waals surface area (Å²) in [5, 5.41) is 4.06. The van der Waals surface area contributed by atoms with Crippen LogP contribution in [-0.2, 0) is 6.54 Å². The monoisotopic (exact) mass is 420 g/mol. The van der Waals surface area contributed by atoms with Crippen molar-refractivity contribution >= 4 is 28.5 Å². The molecule has 30 heavy (non-hydrogen) atoms. The Morgan fingerprint density at radius 1 is 1.07 bits per heavy atom. The zero-order chi connectivity index (χ0) is 21.0. The van der Waals surface area contributed by atoms with Crippen molar-refractivity contribution in [1.82, 2.24) is 10.2 Å². The summed E-state index contributed by atoms with van der Waals surface area (Å²) in [6, 6.07) is 18.5. The van der Waals surface area contributed by atoms with E-state index in [0.717, 1.165) is 40.5 Å². The predicted octanol–water partition coefficient (Wildman–Crippen LogP) is 4.65. The molecule has 1 saturated heterocycles. The topological polar surface area (TPSA) is 57.1 Å². The molecule has 0 bridgehead atoms. The van der Waals surface area contributed by atoms with Gasteiger partial charge < -0.3 is 10.2 Å². The molecule has 0 radical (unpaired) electrons. The van der Waals surface area contributed by atoms with E-state index in [9.17, 15) is 4.79 Å². The first-order chi connectivity index (χ1) is 14.6. The Morgan fingerprint density at radius 2 is 1.77 bits per heavy atom. The van der Waals surface area contributed by atoms with E-state index in [0.29, 0.717) is 19.6 Å². The number of hydrogen-bond donors (Lipinski definition) is 1. The van der Waals surface area contributed by atoms with Gasteiger partial charge in [0, 0.05) is 38.0 Å². The van der Waals surface area contributed by atoms with Gasteiger partial charge in [0.05, 0.1) is 5.71 Å². The SMILES string of the molecule is CCSC1=NC2(CCN(C(=O)NCc3ccccc3)CC2)N=C1c1ccc(C)cc1. The zero-order valence-corrected chi connectivity index (χ0v) is 18.4. The van der Waals surface area contributed by atoms with Gasteiger partial charge in [-0.25, -0.2) is 9.79 Å². The summed E-state index contributed by atoms with van der Waals surface area (Å²) in [4.78, 5) is 24.6. The number of thioether (sulfide) groups is 1. The lowest BCUT2D eigenvalue weighted by Gasteiger charge is -2.35. The average Bonchev–Trinajstić information content (AvgIpc) is 3.12. The quantitative estimate of drug-likeness (QED) is 0.783. The normalized spacial score (nSPS) is 17.6. The Kier molecular flexibility index (Phi) is 6.23. The molecule has 2 aliphatic heterocycles. The van der Waals surface area contributed by atoms with Crippen molar-refractivity contribution in [3.63, 3.8) is 0 Å². The number of aryl methyl sites for hydroxylation is 1. The van der Waals surface area contributed by atoms with Crippen molar-refractivity contribution in [3.05, 3.63) is 71.3 Å². The Morgan fingerprint density at radius 3 is 2.43 bits per heavy atom. The molecule has 6 heteroatoms. The van der Waals surface area contributed by atoms with Crippen molar-refractivity contribution < 1.29 is 4.79 Å². The summed E-state index contributed by atoms with van der Waals surface area (Å²) < 4.78 is 0. The van der Waals surface area contributed by atoms with Crippen LogP contribution in [-0.4, -0.2) is 46.2 Å². The van der Waals surface area contributed by atoms with Crippen LogP contribution in [0.15, 0.2) is 64.6 Å². The molecule has 5 nitrogen and oxygen atoms in total. The third kappa shape index (κ3) is 4.59. The first-order valence-electron chi connectivity index (χ1n) is 10.6. The van der Waals surface area contributed by atoms with Crippen molar-refractivity contribution in [3.8, 4) is 0 Å². The molecule has 0 unspecified atom stereocenters. The number of benzene rings is 2. The second-order valence-electron chi connectivity index (χ2n) is 7.79. The smallest absolute Gasteiger partial charge is 0.317 e. The van der Waals surface area contributed by atoms with E-state index in [2.05, 4.69) is 43.4 Å². The lowest BCUT2D eigenvalue weighted by Crippen LogP contribution is -2.48. The number of carbonyl (C=O) groups is 1. The number of rotatable bonds is 4. The van der Waals surface area contributed by atoms with Crippen LogP contribution in [0.3, 0.4) is 0 Å². The highest BCUT2D eigenvalue weighted by Gasteiger charge is 2.40. The van der Waals surface area contributed by atoms with Gasteiger partial charge in [-0.15, -0.1) is 11.8 Å². The fraction of sp³-hybridized carbons (Fsp3) is 0.375. The molecular weight excluding hydrogens is 392 g/mol. The Balaban J connectivity index is 1.42. The molecule has 156 valence electrons. The van der Waals surface area contributed by atoms with E-state index < -0.39 is 5.66 Å². The third-order valence-electron chi connectivity index (χ3n) is 5.58.